The molecule has 1 unspecified atom stereocenters. The zero-order chi connectivity index (χ0) is 39.9. The molecule has 0 radical (unpaired) electrons. The van der Waals surface area contributed by atoms with Crippen molar-refractivity contribution in [2.45, 2.75) is 58.1 Å². The highest BCUT2D eigenvalue weighted by Crippen LogP contribution is 2.40. The summed E-state index contributed by atoms with van der Waals surface area (Å²) in [6.07, 6.45) is -1.35. The highest BCUT2D eigenvalue weighted by Gasteiger charge is 2.52. The number of carboxylic acid groups (broad SMARTS) is 1. The molecule has 0 saturated carbocycles. The number of aromatic nitrogens is 1. The van der Waals surface area contributed by atoms with Gasteiger partial charge in [-0.15, -0.1) is 4.52 Å². The van der Waals surface area contributed by atoms with E-state index in [4.69, 9.17) is 13.9 Å². The van der Waals surface area contributed by atoms with Gasteiger partial charge in [0.05, 0.1) is 23.4 Å². The summed E-state index contributed by atoms with van der Waals surface area (Å²) in [5.41, 5.74) is 4.78. The maximum absolute atomic E-state index is 14.1. The lowest BCUT2D eigenvalue weighted by Gasteiger charge is -2.44. The summed E-state index contributed by atoms with van der Waals surface area (Å²) >= 11 is 0. The molecule has 6 rings (SSSR count). The zero-order valence-corrected chi connectivity index (χ0v) is 34.2. The monoisotopic (exact) mass is 782 g/mol. The van der Waals surface area contributed by atoms with E-state index in [1.54, 1.807) is 12.1 Å². The van der Waals surface area contributed by atoms with E-state index in [0.29, 0.717) is 5.56 Å². The molecule has 1 N–H and O–H groups in total. The maximum Gasteiger partial charge on any atom is 0.511 e. The summed E-state index contributed by atoms with van der Waals surface area (Å²) in [4.78, 5) is 17.3. The predicted octanol–water partition coefficient (Wildman–Crippen LogP) is 10.4. The molecule has 5 aromatic carbocycles. The van der Waals surface area contributed by atoms with E-state index >= 15 is 0 Å². The minimum absolute atomic E-state index is 0.0126. The van der Waals surface area contributed by atoms with Crippen molar-refractivity contribution >= 4 is 43.5 Å². The van der Waals surface area contributed by atoms with Crippen LogP contribution in [-0.4, -0.2) is 43.2 Å². The first-order valence-corrected chi connectivity index (χ1v) is 22.0. The van der Waals surface area contributed by atoms with E-state index < -0.39 is 33.5 Å². The van der Waals surface area contributed by atoms with Crippen molar-refractivity contribution < 1.29 is 27.8 Å². The largest absolute Gasteiger partial charge is 0.511 e. The number of hydrogen-bond acceptors (Lipinski definition) is 5. The summed E-state index contributed by atoms with van der Waals surface area (Å²) in [6, 6.07) is 42.4. The number of hydrogen-bond donors (Lipinski definition) is 1. The van der Waals surface area contributed by atoms with Crippen LogP contribution in [0.15, 0.2) is 133 Å². The van der Waals surface area contributed by atoms with Crippen LogP contribution in [0.1, 0.15) is 58.2 Å². The Morgan fingerprint density at radius 1 is 0.839 bits per heavy atom. The second kappa shape index (κ2) is 17.7. The van der Waals surface area contributed by atoms with Crippen LogP contribution in [0.2, 0.25) is 5.04 Å². The third kappa shape index (κ3) is 9.04. The summed E-state index contributed by atoms with van der Waals surface area (Å²) < 4.78 is 40.6. The third-order valence-corrected chi connectivity index (χ3v) is 16.0. The van der Waals surface area contributed by atoms with Crippen LogP contribution in [0, 0.1) is 17.7 Å². The van der Waals surface area contributed by atoms with E-state index in [1.165, 1.54) is 12.1 Å². The van der Waals surface area contributed by atoms with Crippen molar-refractivity contribution in [3.05, 3.63) is 151 Å². The molecule has 9 heteroatoms. The van der Waals surface area contributed by atoms with Gasteiger partial charge in [0.15, 0.2) is 6.61 Å². The molecular formula is C47H46FNO5PSi+. The molecule has 0 aliphatic heterocycles. The van der Waals surface area contributed by atoms with Crippen LogP contribution < -0.4 is 10.4 Å². The van der Waals surface area contributed by atoms with Crippen LogP contribution in [0.25, 0.3) is 33.2 Å². The van der Waals surface area contributed by atoms with Gasteiger partial charge in [-0.2, -0.15) is 0 Å². The number of halogens is 1. The van der Waals surface area contributed by atoms with Crippen molar-refractivity contribution in [1.29, 1.82) is 0 Å². The highest BCUT2D eigenvalue weighted by molar-refractivity contribution is 7.39. The van der Waals surface area contributed by atoms with Gasteiger partial charge in [-0.05, 0) is 60.4 Å². The first-order chi connectivity index (χ1) is 26.9. The fraction of sp³-hybridized carbons (Fsp3) is 0.234. The number of fused-ring (bicyclic) bond motifs is 1. The normalized spacial score (nSPS) is 12.6. The van der Waals surface area contributed by atoms with Crippen molar-refractivity contribution in [2.75, 3.05) is 12.8 Å². The topological polar surface area (TPSA) is 85.7 Å². The fourth-order valence-electron chi connectivity index (χ4n) is 7.29. The Hall–Kier alpha value is -5.29. The summed E-state index contributed by atoms with van der Waals surface area (Å²) in [6.45, 7) is 10.3. The molecule has 56 heavy (non-hydrogen) atoms. The smallest absolute Gasteiger partial charge is 0.481 e. The second-order valence-electron chi connectivity index (χ2n) is 15.1. The average Bonchev–Trinajstić information content (AvgIpc) is 3.18. The van der Waals surface area contributed by atoms with Gasteiger partial charge in [-0.1, -0.05) is 162 Å². The highest BCUT2D eigenvalue weighted by atomic mass is 31.1. The molecule has 6 aromatic rings. The van der Waals surface area contributed by atoms with E-state index in [9.17, 15) is 18.9 Å². The fourth-order valence-corrected chi connectivity index (χ4v) is 13.0. The van der Waals surface area contributed by atoms with Crippen LogP contribution in [0.4, 0.5) is 4.39 Å². The van der Waals surface area contributed by atoms with Crippen molar-refractivity contribution in [2.24, 2.45) is 0 Å². The van der Waals surface area contributed by atoms with Gasteiger partial charge in [-0.3, -0.25) is 9.78 Å². The quantitative estimate of drug-likeness (QED) is 0.0713. The Morgan fingerprint density at radius 2 is 1.45 bits per heavy atom. The standard InChI is InChI=1S/C47H45FNO5PSi/c1-33(2)46-42(43(35-25-27-36(48)28-26-35)31-44(49-46)41-23-14-17-34-16-12-13-22-40(34)41)24-15-29-53-55(52)32-37(30-45(50)51)54-56(47(3,4)5,38-18-8-6-9-19-38)39-20-10-7-11-21-39/h6-14,16-23,25-28,31,33,37H,29-30,32H2,1-5H3/p+1/t37-/m0/s1. The first-order valence-electron chi connectivity index (χ1n) is 18.7. The Kier molecular flexibility index (Phi) is 12.7. The number of nitrogens with zero attached hydrogens (tertiary/aromatic N) is 1. The maximum atomic E-state index is 14.1. The van der Waals surface area contributed by atoms with Gasteiger partial charge in [0, 0.05) is 11.1 Å². The van der Waals surface area contributed by atoms with E-state index in [0.717, 1.165) is 49.2 Å². The molecule has 0 saturated heterocycles. The molecule has 284 valence electrons. The van der Waals surface area contributed by atoms with E-state index in [-0.39, 0.29) is 30.9 Å². The number of aliphatic carboxylic acids is 1. The second-order valence-corrected chi connectivity index (χ2v) is 20.6. The van der Waals surface area contributed by atoms with Gasteiger partial charge in [0.25, 0.3) is 8.32 Å². The number of rotatable bonds is 13. The van der Waals surface area contributed by atoms with Crippen LogP contribution in [0.3, 0.4) is 0 Å². The van der Waals surface area contributed by atoms with Gasteiger partial charge in [0.2, 0.25) is 6.16 Å². The first kappa shape index (κ1) is 40.4. The van der Waals surface area contributed by atoms with Crippen molar-refractivity contribution in [1.82, 2.24) is 4.98 Å². The molecule has 0 aliphatic carbocycles. The Morgan fingerprint density at radius 3 is 2.05 bits per heavy atom. The lowest BCUT2D eigenvalue weighted by atomic mass is 9.92. The molecule has 0 fully saturated rings. The molecule has 0 aliphatic rings. The van der Waals surface area contributed by atoms with Gasteiger partial charge >= 0.3 is 14.0 Å². The van der Waals surface area contributed by atoms with Crippen LogP contribution in [0.5, 0.6) is 0 Å². The van der Waals surface area contributed by atoms with E-state index in [2.05, 4.69) is 64.7 Å². The van der Waals surface area contributed by atoms with Crippen LogP contribution in [-0.2, 0) is 18.3 Å². The van der Waals surface area contributed by atoms with Crippen LogP contribution >= 0.6 is 8.03 Å². The molecule has 1 heterocycles. The average molecular weight is 783 g/mol. The molecule has 1 aromatic heterocycles. The Balaban J connectivity index is 1.31. The molecule has 0 spiro atoms. The lowest BCUT2D eigenvalue weighted by molar-refractivity contribution is -0.138. The number of benzene rings is 5. The zero-order valence-electron chi connectivity index (χ0n) is 32.3. The minimum atomic E-state index is -3.14. The number of carboxylic acids is 1. The SMILES string of the molecule is CC(C)c1nc(-c2cccc3ccccc23)cc(-c2ccc(F)cc2)c1C#CCO[P+](=O)C[C@H](CC(=O)O)O[Si](c1ccccc1)(c1ccccc1)C(C)(C)C. The van der Waals surface area contributed by atoms with Gasteiger partial charge in [0.1, 0.15) is 11.9 Å². The molecule has 2 atom stereocenters. The summed E-state index contributed by atoms with van der Waals surface area (Å²) in [7, 11) is -5.50. The van der Waals surface area contributed by atoms with Gasteiger partial charge in [-0.25, -0.2) is 4.39 Å². The molecule has 0 amide bonds. The van der Waals surface area contributed by atoms with Crippen molar-refractivity contribution in [3.8, 4) is 34.2 Å². The molecular weight excluding hydrogens is 737 g/mol. The third-order valence-electron chi connectivity index (χ3n) is 9.82. The Labute approximate surface area is 330 Å². The Bertz CT molecular complexity index is 2340. The van der Waals surface area contributed by atoms with E-state index in [1.807, 2.05) is 91.0 Å². The van der Waals surface area contributed by atoms with Crippen molar-refractivity contribution in [3.63, 3.8) is 0 Å². The number of carbonyl (C=O) groups is 1. The predicted molar refractivity (Wildman–Crippen MR) is 227 cm³/mol. The summed E-state index contributed by atoms with van der Waals surface area (Å²) in [5.74, 6) is 4.91. The minimum Gasteiger partial charge on any atom is -0.481 e. The molecule has 6 nitrogen and oxygen atoms in total. The molecule has 0 bridgehead atoms. The van der Waals surface area contributed by atoms with Gasteiger partial charge < -0.3 is 9.53 Å². The number of pyridine rings is 1. The lowest BCUT2D eigenvalue weighted by Crippen LogP contribution is -2.68. The summed E-state index contributed by atoms with van der Waals surface area (Å²) in [5, 5.41) is 13.7.